The van der Waals surface area contributed by atoms with Crippen LogP contribution in [-0.4, -0.2) is 32.4 Å². The van der Waals surface area contributed by atoms with Crippen LogP contribution in [0.25, 0.3) is 0 Å². The van der Waals surface area contributed by atoms with Crippen molar-refractivity contribution in [2.45, 2.75) is 18.9 Å². The first kappa shape index (κ1) is 8.47. The molecule has 1 fully saturated rings. The maximum absolute atomic E-state index is 9.79. The van der Waals surface area contributed by atoms with E-state index in [0.717, 1.165) is 21.5 Å². The van der Waals surface area contributed by atoms with E-state index in [1.807, 2.05) is 6.92 Å². The van der Waals surface area contributed by atoms with Crippen molar-refractivity contribution < 1.29 is 5.11 Å². The van der Waals surface area contributed by atoms with E-state index in [1.165, 1.54) is 0 Å². The number of nitrogens with zero attached hydrogens (tertiary/aromatic N) is 2. The molecule has 1 N–H and O–H groups in total. The van der Waals surface area contributed by atoms with E-state index in [2.05, 4.69) is 10.2 Å². The molecule has 0 aromatic carbocycles. The van der Waals surface area contributed by atoms with Crippen LogP contribution < -0.4 is 0 Å². The highest BCUT2D eigenvalue weighted by atomic mass is 32.2. The summed E-state index contributed by atoms with van der Waals surface area (Å²) < 4.78 is 0. The first-order valence-corrected chi connectivity index (χ1v) is 5.74. The van der Waals surface area contributed by atoms with Gasteiger partial charge in [-0.25, -0.2) is 0 Å². The standard InChI is InChI=1S/C7H10N2OS2/c1-5-8-9-6(12-5)2-7(10)3-11-4-7/h10H,2-4H2,1H3. The van der Waals surface area contributed by atoms with Gasteiger partial charge in [0.05, 0.1) is 5.60 Å². The van der Waals surface area contributed by atoms with Crippen molar-refractivity contribution in [1.29, 1.82) is 0 Å². The van der Waals surface area contributed by atoms with E-state index < -0.39 is 5.60 Å². The quantitative estimate of drug-likeness (QED) is 0.773. The lowest BCUT2D eigenvalue weighted by Crippen LogP contribution is -2.45. The van der Waals surface area contributed by atoms with Gasteiger partial charge in [0.1, 0.15) is 10.0 Å². The Morgan fingerprint density at radius 3 is 2.67 bits per heavy atom. The molecule has 0 bridgehead atoms. The van der Waals surface area contributed by atoms with Gasteiger partial charge in [-0.3, -0.25) is 0 Å². The largest absolute Gasteiger partial charge is 0.388 e. The van der Waals surface area contributed by atoms with Gasteiger partial charge in [0, 0.05) is 17.9 Å². The number of hydrogen-bond donors (Lipinski definition) is 1. The normalized spacial score (nSPS) is 20.5. The second-order valence-electron chi connectivity index (χ2n) is 3.11. The second kappa shape index (κ2) is 2.97. The Bertz CT molecular complexity index is 283. The molecule has 0 atom stereocenters. The molecule has 1 aromatic heterocycles. The van der Waals surface area contributed by atoms with Crippen molar-refractivity contribution in [3.05, 3.63) is 10.0 Å². The Morgan fingerprint density at radius 1 is 1.50 bits per heavy atom. The van der Waals surface area contributed by atoms with Gasteiger partial charge in [-0.2, -0.15) is 11.8 Å². The van der Waals surface area contributed by atoms with Crippen LogP contribution in [0.2, 0.25) is 0 Å². The van der Waals surface area contributed by atoms with Crippen LogP contribution in [0.5, 0.6) is 0 Å². The molecule has 66 valence electrons. The average molecular weight is 202 g/mol. The zero-order valence-electron chi connectivity index (χ0n) is 6.78. The summed E-state index contributed by atoms with van der Waals surface area (Å²) in [4.78, 5) is 0. The van der Waals surface area contributed by atoms with E-state index in [1.54, 1.807) is 23.1 Å². The van der Waals surface area contributed by atoms with Crippen molar-refractivity contribution in [2.24, 2.45) is 0 Å². The topological polar surface area (TPSA) is 46.0 Å². The summed E-state index contributed by atoms with van der Waals surface area (Å²) in [7, 11) is 0. The van der Waals surface area contributed by atoms with E-state index in [0.29, 0.717) is 6.42 Å². The molecule has 0 spiro atoms. The number of rotatable bonds is 2. The molecule has 2 rings (SSSR count). The summed E-state index contributed by atoms with van der Waals surface area (Å²) in [6.07, 6.45) is 0.672. The zero-order valence-corrected chi connectivity index (χ0v) is 8.41. The van der Waals surface area contributed by atoms with E-state index >= 15 is 0 Å². The zero-order chi connectivity index (χ0) is 8.60. The summed E-state index contributed by atoms with van der Waals surface area (Å²) in [6, 6.07) is 0. The van der Waals surface area contributed by atoms with Crippen LogP contribution in [0, 0.1) is 6.92 Å². The van der Waals surface area contributed by atoms with Crippen LogP contribution in [0.3, 0.4) is 0 Å². The van der Waals surface area contributed by atoms with Crippen molar-refractivity contribution >= 4 is 23.1 Å². The maximum atomic E-state index is 9.79. The van der Waals surface area contributed by atoms with E-state index in [4.69, 9.17) is 0 Å². The highest BCUT2D eigenvalue weighted by molar-refractivity contribution is 8.00. The van der Waals surface area contributed by atoms with Gasteiger partial charge in [0.25, 0.3) is 0 Å². The SMILES string of the molecule is Cc1nnc(CC2(O)CSC2)s1. The van der Waals surface area contributed by atoms with Gasteiger partial charge >= 0.3 is 0 Å². The lowest BCUT2D eigenvalue weighted by atomic mass is 10.1. The molecule has 1 aromatic rings. The van der Waals surface area contributed by atoms with Crippen molar-refractivity contribution in [3.8, 4) is 0 Å². The lowest BCUT2D eigenvalue weighted by Gasteiger charge is -2.34. The van der Waals surface area contributed by atoms with Gasteiger partial charge in [-0.05, 0) is 6.92 Å². The van der Waals surface area contributed by atoms with Crippen LogP contribution in [-0.2, 0) is 6.42 Å². The molecule has 3 nitrogen and oxygen atoms in total. The van der Waals surface area contributed by atoms with Crippen LogP contribution in [0.4, 0.5) is 0 Å². The number of hydrogen-bond acceptors (Lipinski definition) is 5. The molecule has 12 heavy (non-hydrogen) atoms. The van der Waals surface area contributed by atoms with Crippen molar-refractivity contribution in [3.63, 3.8) is 0 Å². The molecule has 1 aliphatic heterocycles. The third-order valence-corrected chi connectivity index (χ3v) is 4.11. The van der Waals surface area contributed by atoms with E-state index in [9.17, 15) is 5.11 Å². The maximum Gasteiger partial charge on any atom is 0.120 e. The van der Waals surface area contributed by atoms with Crippen LogP contribution in [0.1, 0.15) is 10.0 Å². The molecular weight excluding hydrogens is 192 g/mol. The minimum absolute atomic E-state index is 0.489. The van der Waals surface area contributed by atoms with Gasteiger partial charge in [-0.15, -0.1) is 21.5 Å². The molecule has 0 saturated carbocycles. The Balaban J connectivity index is 2.03. The molecule has 2 heterocycles. The highest BCUT2D eigenvalue weighted by Crippen LogP contribution is 2.32. The molecular formula is C7H10N2OS2. The first-order valence-electron chi connectivity index (χ1n) is 3.77. The molecule has 0 aliphatic carbocycles. The monoisotopic (exact) mass is 202 g/mol. The van der Waals surface area contributed by atoms with Crippen LogP contribution in [0.15, 0.2) is 0 Å². The summed E-state index contributed by atoms with van der Waals surface area (Å²) >= 11 is 3.35. The molecule has 1 aliphatic rings. The second-order valence-corrected chi connectivity index (χ2v) is 5.36. The Hall–Kier alpha value is -0.130. The molecule has 0 radical (unpaired) electrons. The molecule has 5 heteroatoms. The summed E-state index contributed by atoms with van der Waals surface area (Å²) in [5.74, 6) is 1.68. The summed E-state index contributed by atoms with van der Waals surface area (Å²) in [6.45, 7) is 1.93. The van der Waals surface area contributed by atoms with Gasteiger partial charge in [0.15, 0.2) is 0 Å². The van der Waals surface area contributed by atoms with Crippen molar-refractivity contribution in [2.75, 3.05) is 11.5 Å². The number of thioether (sulfide) groups is 1. The molecule has 0 amide bonds. The predicted molar refractivity (Wildman–Crippen MR) is 50.6 cm³/mol. The molecule has 1 saturated heterocycles. The van der Waals surface area contributed by atoms with Gasteiger partial charge in [0.2, 0.25) is 0 Å². The summed E-state index contributed by atoms with van der Waals surface area (Å²) in [5, 5.41) is 19.6. The third-order valence-electron chi connectivity index (χ3n) is 1.79. The van der Waals surface area contributed by atoms with Gasteiger partial charge in [-0.1, -0.05) is 0 Å². The van der Waals surface area contributed by atoms with Crippen LogP contribution >= 0.6 is 23.1 Å². The number of aryl methyl sites for hydroxylation is 1. The third kappa shape index (κ3) is 1.62. The lowest BCUT2D eigenvalue weighted by molar-refractivity contribution is 0.0791. The minimum atomic E-state index is -0.489. The highest BCUT2D eigenvalue weighted by Gasteiger charge is 2.36. The van der Waals surface area contributed by atoms with E-state index in [-0.39, 0.29) is 0 Å². The first-order chi connectivity index (χ1) is 5.68. The molecule has 0 unspecified atom stereocenters. The Morgan fingerprint density at radius 2 is 2.25 bits per heavy atom. The predicted octanol–water partition coefficient (Wildman–Crippen LogP) is 0.867. The average Bonchev–Trinajstić information content (AvgIpc) is 2.32. The fourth-order valence-corrected chi connectivity index (χ4v) is 2.85. The fraction of sp³-hybridized carbons (Fsp3) is 0.714. The Kier molecular flexibility index (Phi) is 2.10. The minimum Gasteiger partial charge on any atom is -0.388 e. The summed E-state index contributed by atoms with van der Waals surface area (Å²) in [5.41, 5.74) is -0.489. The number of aliphatic hydroxyl groups is 1. The van der Waals surface area contributed by atoms with Crippen molar-refractivity contribution in [1.82, 2.24) is 10.2 Å². The van der Waals surface area contributed by atoms with Gasteiger partial charge < -0.3 is 5.11 Å². The smallest absolute Gasteiger partial charge is 0.120 e. The Labute approximate surface area is 79.2 Å². The number of aromatic nitrogens is 2. The fourth-order valence-electron chi connectivity index (χ4n) is 1.13.